The van der Waals surface area contributed by atoms with Crippen molar-refractivity contribution in [1.82, 2.24) is 0 Å². The second kappa shape index (κ2) is 8.05. The molecule has 0 aromatic heterocycles. The lowest BCUT2D eigenvalue weighted by Crippen LogP contribution is -2.51. The van der Waals surface area contributed by atoms with E-state index in [0.29, 0.717) is 16.7 Å². The first-order chi connectivity index (χ1) is 14.5. The largest absolute Gasteiger partial charge is 0.387 e. The molecule has 0 bridgehead atoms. The molecule has 0 saturated carbocycles. The van der Waals surface area contributed by atoms with Gasteiger partial charge in [-0.2, -0.15) is 0 Å². The van der Waals surface area contributed by atoms with Crippen molar-refractivity contribution in [2.75, 3.05) is 0 Å². The molecule has 4 rings (SSSR count). The van der Waals surface area contributed by atoms with Crippen LogP contribution in [0.2, 0.25) is 0 Å². The van der Waals surface area contributed by atoms with Gasteiger partial charge < -0.3 is 5.11 Å². The normalized spacial score (nSPS) is 20.5. The molecule has 1 N–H and O–H groups in total. The van der Waals surface area contributed by atoms with Crippen molar-refractivity contribution in [3.63, 3.8) is 0 Å². The van der Waals surface area contributed by atoms with Crippen LogP contribution in [0.15, 0.2) is 103 Å². The van der Waals surface area contributed by atoms with Gasteiger partial charge in [0.1, 0.15) is 5.41 Å². The van der Waals surface area contributed by atoms with Crippen molar-refractivity contribution in [3.8, 4) is 0 Å². The first kappa shape index (κ1) is 19.7. The first-order valence-electron chi connectivity index (χ1n) is 9.89. The zero-order chi connectivity index (χ0) is 21.1. The average Bonchev–Trinajstić information content (AvgIpc) is 2.79. The van der Waals surface area contributed by atoms with Crippen LogP contribution >= 0.6 is 0 Å². The summed E-state index contributed by atoms with van der Waals surface area (Å²) >= 11 is 0. The lowest BCUT2D eigenvalue weighted by Gasteiger charge is -2.39. The van der Waals surface area contributed by atoms with Crippen molar-refractivity contribution < 1.29 is 14.7 Å². The van der Waals surface area contributed by atoms with Gasteiger partial charge >= 0.3 is 0 Å². The molecule has 30 heavy (non-hydrogen) atoms. The number of allylic oxidation sites excluding steroid dienone is 2. The highest BCUT2D eigenvalue weighted by Crippen LogP contribution is 2.45. The molecule has 3 nitrogen and oxygen atoms in total. The summed E-state index contributed by atoms with van der Waals surface area (Å²) in [6.45, 7) is 1.97. The summed E-state index contributed by atoms with van der Waals surface area (Å²) in [4.78, 5) is 27.2. The predicted octanol–water partition coefficient (Wildman–Crippen LogP) is 4.70. The molecule has 0 saturated heterocycles. The van der Waals surface area contributed by atoms with Gasteiger partial charge in [-0.3, -0.25) is 9.59 Å². The smallest absolute Gasteiger partial charge is 0.230 e. The fraction of sp³-hybridized carbons (Fsp3) is 0.111. The Morgan fingerprint density at radius 1 is 0.867 bits per heavy atom. The fourth-order valence-electron chi connectivity index (χ4n) is 4.14. The predicted molar refractivity (Wildman–Crippen MR) is 118 cm³/mol. The van der Waals surface area contributed by atoms with E-state index >= 15 is 0 Å². The van der Waals surface area contributed by atoms with E-state index in [1.165, 1.54) is 0 Å². The summed E-state index contributed by atoms with van der Waals surface area (Å²) in [6.07, 6.45) is 3.96. The highest BCUT2D eigenvalue weighted by molar-refractivity contribution is 6.49. The van der Waals surface area contributed by atoms with Crippen molar-refractivity contribution in [1.29, 1.82) is 0 Å². The van der Waals surface area contributed by atoms with Crippen LogP contribution in [0.5, 0.6) is 0 Å². The quantitative estimate of drug-likeness (QED) is 0.504. The molecule has 1 aliphatic rings. The molecule has 3 aromatic carbocycles. The van der Waals surface area contributed by atoms with E-state index in [-0.39, 0.29) is 0 Å². The van der Waals surface area contributed by atoms with Gasteiger partial charge in [0.15, 0.2) is 0 Å². The van der Waals surface area contributed by atoms with E-state index in [1.807, 2.05) is 55.5 Å². The molecule has 1 aliphatic carbocycles. The van der Waals surface area contributed by atoms with E-state index in [2.05, 4.69) is 0 Å². The van der Waals surface area contributed by atoms with Gasteiger partial charge in [0, 0.05) is 5.56 Å². The lowest BCUT2D eigenvalue weighted by molar-refractivity contribution is -0.120. The summed E-state index contributed by atoms with van der Waals surface area (Å²) in [5.74, 6) is -1.27. The zero-order valence-corrected chi connectivity index (χ0v) is 16.7. The third-order valence-corrected chi connectivity index (χ3v) is 5.58. The molecule has 148 valence electrons. The number of Topliss-reactive ketones (excluding diaryl/α,β-unsaturated/α-hetero) is 2. The third-order valence-electron chi connectivity index (χ3n) is 5.58. The van der Waals surface area contributed by atoms with E-state index in [0.717, 1.165) is 11.1 Å². The monoisotopic (exact) mass is 394 g/mol. The van der Waals surface area contributed by atoms with Gasteiger partial charge in [-0.1, -0.05) is 109 Å². The Bertz CT molecular complexity index is 1140. The zero-order valence-electron chi connectivity index (χ0n) is 16.7. The van der Waals surface area contributed by atoms with Crippen LogP contribution in [0.3, 0.4) is 0 Å². The molecule has 2 unspecified atom stereocenters. The Kier molecular flexibility index (Phi) is 5.30. The van der Waals surface area contributed by atoms with Gasteiger partial charge in [0.25, 0.3) is 0 Å². The molecule has 0 aliphatic heterocycles. The van der Waals surface area contributed by atoms with E-state index in [9.17, 15) is 14.7 Å². The van der Waals surface area contributed by atoms with Crippen LogP contribution in [-0.4, -0.2) is 22.8 Å². The third kappa shape index (κ3) is 3.23. The van der Waals surface area contributed by atoms with E-state index < -0.39 is 23.1 Å². The Morgan fingerprint density at radius 3 is 2.20 bits per heavy atom. The lowest BCUT2D eigenvalue weighted by atomic mass is 9.62. The van der Waals surface area contributed by atoms with Gasteiger partial charge in [-0.15, -0.1) is 0 Å². The van der Waals surface area contributed by atoms with Gasteiger partial charge in [0.2, 0.25) is 11.6 Å². The molecule has 3 heteroatoms. The van der Waals surface area contributed by atoms with E-state index in [1.54, 1.807) is 54.6 Å². The number of carbonyl (C=O) groups is 2. The van der Waals surface area contributed by atoms with Crippen molar-refractivity contribution in [3.05, 3.63) is 125 Å². The maximum atomic E-state index is 13.9. The Balaban J connectivity index is 1.97. The number of rotatable bonds is 5. The highest BCUT2D eigenvalue weighted by atomic mass is 16.3. The molecule has 0 amide bonds. The number of aryl methyl sites for hydroxylation is 1. The second-order valence-electron chi connectivity index (χ2n) is 7.48. The summed E-state index contributed by atoms with van der Waals surface area (Å²) in [6, 6.07) is 25.3. The second-order valence-corrected chi connectivity index (χ2v) is 7.48. The molecule has 3 aromatic rings. The Hall–Kier alpha value is -3.56. The number of hydrogen-bond acceptors (Lipinski definition) is 3. The first-order valence-corrected chi connectivity index (χ1v) is 9.89. The van der Waals surface area contributed by atoms with Crippen LogP contribution in [0, 0.1) is 6.92 Å². The minimum atomic E-state index is -1.53. The average molecular weight is 394 g/mol. The van der Waals surface area contributed by atoms with Crippen LogP contribution in [-0.2, 0) is 10.2 Å². The number of aliphatic hydroxyl groups is 1. The number of benzene rings is 3. The molecule has 0 fully saturated rings. The number of aliphatic hydroxyl groups excluding tert-OH is 1. The fourth-order valence-corrected chi connectivity index (χ4v) is 4.14. The summed E-state index contributed by atoms with van der Waals surface area (Å²) in [5, 5.41) is 11.2. The molecular weight excluding hydrogens is 372 g/mol. The van der Waals surface area contributed by atoms with Crippen LogP contribution in [0.1, 0.15) is 27.0 Å². The van der Waals surface area contributed by atoms with Crippen molar-refractivity contribution in [2.45, 2.75) is 18.4 Å². The minimum absolute atomic E-state index is 0.308. The number of carbonyl (C=O) groups excluding carboxylic acids is 2. The standard InChI is InChI=1S/C27H22O3/c1-19-10-8-13-21(18-19)23-16-9-17-24(28)27(23,22-14-6-3-7-15-22)26(30)25(29)20-11-4-2-5-12-20/h2-18,24,28H,1H3. The maximum Gasteiger partial charge on any atom is 0.230 e. The Labute approximate surface area is 176 Å². The van der Waals surface area contributed by atoms with E-state index in [4.69, 9.17) is 0 Å². The SMILES string of the molecule is Cc1cccc(C2=CC=CC(O)C2(C(=O)C(=O)c2ccccc2)c2ccccc2)c1. The molecule has 0 spiro atoms. The van der Waals surface area contributed by atoms with Crippen LogP contribution in [0.4, 0.5) is 0 Å². The summed E-state index contributed by atoms with van der Waals surface area (Å²) in [7, 11) is 0. The van der Waals surface area contributed by atoms with Gasteiger partial charge in [-0.25, -0.2) is 0 Å². The number of ketones is 2. The molecule has 0 radical (unpaired) electrons. The van der Waals surface area contributed by atoms with Gasteiger partial charge in [-0.05, 0) is 23.6 Å². The van der Waals surface area contributed by atoms with Gasteiger partial charge in [0.05, 0.1) is 6.10 Å². The molecule has 0 heterocycles. The Morgan fingerprint density at radius 2 is 1.53 bits per heavy atom. The topological polar surface area (TPSA) is 54.4 Å². The summed E-state index contributed by atoms with van der Waals surface area (Å²) in [5.41, 5.74) is 1.81. The molecular formula is C27H22O3. The van der Waals surface area contributed by atoms with Crippen LogP contribution < -0.4 is 0 Å². The van der Waals surface area contributed by atoms with Crippen LogP contribution in [0.25, 0.3) is 5.57 Å². The van der Waals surface area contributed by atoms with Crippen molar-refractivity contribution in [2.24, 2.45) is 0 Å². The number of hydrogen-bond donors (Lipinski definition) is 1. The van der Waals surface area contributed by atoms with Crippen molar-refractivity contribution >= 4 is 17.1 Å². The highest BCUT2D eigenvalue weighted by Gasteiger charge is 2.52. The summed E-state index contributed by atoms with van der Waals surface area (Å²) < 4.78 is 0. The maximum absolute atomic E-state index is 13.9. The minimum Gasteiger partial charge on any atom is -0.387 e. The molecule has 2 atom stereocenters.